The third kappa shape index (κ3) is 19.3. The zero-order valence-electron chi connectivity index (χ0n) is 60.7. The number of hydrogen-bond acceptors (Lipinski definition) is 12. The summed E-state index contributed by atoms with van der Waals surface area (Å²) in [5.41, 5.74) is -1.57. The monoisotopic (exact) mass is 1400 g/mol. The summed E-state index contributed by atoms with van der Waals surface area (Å²) in [5.74, 6) is -11.4. The molecule has 13 atom stereocenters. The first-order valence-electron chi connectivity index (χ1n) is 36.7. The maximum absolute atomic E-state index is 15.6. The fraction of sp³-hybridized carbons (Fsp3) is 0.831. The van der Waals surface area contributed by atoms with Gasteiger partial charge in [-0.05, 0) is 133 Å². The molecular formula is C71H114F4N12O12. The van der Waals surface area contributed by atoms with Gasteiger partial charge in [0.1, 0.15) is 66.1 Å². The number of fused-ring (bicyclic) bond motifs is 2. The molecule has 12 amide bonds. The van der Waals surface area contributed by atoms with Crippen LogP contribution < -0.4 is 21.3 Å². The number of hydrogen-bond donors (Lipinski definition) is 4. The molecule has 558 valence electrons. The van der Waals surface area contributed by atoms with Crippen molar-refractivity contribution in [2.75, 3.05) is 69.0 Å². The molecule has 0 aromatic carbocycles. The summed E-state index contributed by atoms with van der Waals surface area (Å²) in [4.78, 5) is 189. The number of nitrogens with one attached hydrogen (secondary N) is 4. The molecule has 4 aliphatic carbocycles. The Balaban J connectivity index is 1.27. The van der Waals surface area contributed by atoms with Gasteiger partial charge >= 0.3 is 6.18 Å². The Kier molecular flexibility index (Phi) is 28.0. The maximum atomic E-state index is 15.6. The molecule has 4 N–H and O–H groups in total. The molecule has 7 aliphatic rings. The molecule has 7 rings (SSSR count). The Morgan fingerprint density at radius 2 is 1.25 bits per heavy atom. The fourth-order valence-corrected chi connectivity index (χ4v) is 16.4. The van der Waals surface area contributed by atoms with E-state index in [-0.39, 0.29) is 82.7 Å². The first kappa shape index (κ1) is 79.7. The standard InChI is InChI=1S/C71H114F4N12O12/c1-13-43(4)58-62(92)76-44(5)63(93)87-37-33-53(87)67(97)83(10)54(39-45-22-15-14-16-23-45)66(96)81(8)41-56(88)77-50(31-29-46-28-30-48(49(72)38-46)71(73,74)75)64(94)86-36-21-26-52(86)61(91)79-70(34-19-20-35-70)69(99)85(12)59(47-24-17-18-25-47)68(98)84(11)55(65(95)80(6)7)40-57(89)82(9)51(60(90)78-58)32-27-42(2)3/h42-55,58-59H,13-41H2,1-12H3,(H,76,92)(H,77,88)(H,78,90)(H,79,91)/t43-,44-,46?,48?,49?,50-,51-,52-,53-,54-,55-,58-,59-/m0/s1. The van der Waals surface area contributed by atoms with E-state index in [4.69, 9.17) is 0 Å². The van der Waals surface area contributed by atoms with E-state index in [1.54, 1.807) is 6.92 Å². The van der Waals surface area contributed by atoms with E-state index in [0.29, 0.717) is 44.9 Å². The summed E-state index contributed by atoms with van der Waals surface area (Å²) in [6.45, 7) is 8.50. The number of likely N-dealkylation sites (N-methyl/N-ethyl adjacent to an activating group) is 6. The lowest BCUT2D eigenvalue weighted by molar-refractivity contribution is -0.201. The maximum Gasteiger partial charge on any atom is 0.394 e. The Hall–Kier alpha value is -6.64. The van der Waals surface area contributed by atoms with Gasteiger partial charge in [-0.2, -0.15) is 13.2 Å². The van der Waals surface area contributed by atoms with Gasteiger partial charge in [-0.3, -0.25) is 57.5 Å². The Morgan fingerprint density at radius 3 is 1.84 bits per heavy atom. The number of carbonyl (C=O) groups excluding carboxylic acids is 12. The van der Waals surface area contributed by atoms with Crippen molar-refractivity contribution in [2.45, 2.75) is 274 Å². The predicted octanol–water partition coefficient (Wildman–Crippen LogP) is 5.48. The van der Waals surface area contributed by atoms with Crippen LogP contribution in [-0.2, 0) is 57.5 Å². The van der Waals surface area contributed by atoms with Crippen LogP contribution in [0.3, 0.4) is 0 Å². The highest BCUT2D eigenvalue weighted by molar-refractivity contribution is 6.01. The molecule has 28 heteroatoms. The van der Waals surface area contributed by atoms with Crippen LogP contribution in [0.25, 0.3) is 0 Å². The molecule has 0 radical (unpaired) electrons. The van der Waals surface area contributed by atoms with Crippen LogP contribution in [0.4, 0.5) is 17.6 Å². The molecule has 7 fully saturated rings. The number of nitrogens with zero attached hydrogens (tertiary/aromatic N) is 8. The molecule has 3 aliphatic heterocycles. The van der Waals surface area contributed by atoms with E-state index in [9.17, 15) is 51.5 Å². The van der Waals surface area contributed by atoms with Crippen molar-refractivity contribution in [2.24, 2.45) is 35.5 Å². The van der Waals surface area contributed by atoms with E-state index in [0.717, 1.165) is 49.8 Å². The van der Waals surface area contributed by atoms with Gasteiger partial charge in [-0.25, -0.2) is 4.39 Å². The SMILES string of the molecule is CC[C@H](C)[C@@H]1NC(=O)[C@H](CCC(C)C)N(C)C(=O)C[C@@H](C(=O)N(C)C)N(C)C(=O)[C@H](C2CCCC2)N(C)C(=O)C2(CCCC2)NC(=O)[C@@H]2CCCN2C(=O)[C@H](CCC2CCC(C(F)(F)F)C(F)C2)NC(=O)CN(C)C(=O)[C@H](CC2CCCCC2)N(C)C(=O)[C@@H]2CCN2C(=O)[C@H](C)NC1=O. The summed E-state index contributed by atoms with van der Waals surface area (Å²) >= 11 is 0. The number of carbonyl (C=O) groups is 12. The normalized spacial score (nSPS) is 31.0. The van der Waals surface area contributed by atoms with Gasteiger partial charge in [0.2, 0.25) is 70.9 Å². The number of rotatable bonds is 12. The molecule has 4 saturated carbocycles. The summed E-state index contributed by atoms with van der Waals surface area (Å²) in [5, 5.41) is 11.5. The smallest absolute Gasteiger partial charge is 0.347 e. The Labute approximate surface area is 582 Å². The second kappa shape index (κ2) is 34.8. The first-order valence-corrected chi connectivity index (χ1v) is 36.7. The predicted molar refractivity (Wildman–Crippen MR) is 361 cm³/mol. The number of halogens is 4. The van der Waals surface area contributed by atoms with Gasteiger partial charge in [-0.15, -0.1) is 0 Å². The molecule has 3 saturated heterocycles. The van der Waals surface area contributed by atoms with Gasteiger partial charge in [0, 0.05) is 62.4 Å². The third-order valence-electron chi connectivity index (χ3n) is 23.0. The highest BCUT2D eigenvalue weighted by atomic mass is 19.4. The van der Waals surface area contributed by atoms with E-state index in [2.05, 4.69) is 21.3 Å². The van der Waals surface area contributed by atoms with Crippen LogP contribution in [0.15, 0.2) is 0 Å². The van der Waals surface area contributed by atoms with E-state index in [1.807, 2.05) is 20.8 Å². The minimum Gasteiger partial charge on any atom is -0.347 e. The van der Waals surface area contributed by atoms with Crippen molar-refractivity contribution in [1.29, 1.82) is 0 Å². The summed E-state index contributed by atoms with van der Waals surface area (Å²) in [6, 6.07) is -11.0. The second-order valence-electron chi connectivity index (χ2n) is 30.6. The lowest BCUT2D eigenvalue weighted by atomic mass is 9.78. The topological polar surface area (TPSA) is 279 Å². The minimum absolute atomic E-state index is 0.00128. The molecule has 99 heavy (non-hydrogen) atoms. The van der Waals surface area contributed by atoms with Gasteiger partial charge in [0.15, 0.2) is 0 Å². The lowest BCUT2D eigenvalue weighted by Gasteiger charge is -2.44. The molecular weight excluding hydrogens is 1290 g/mol. The molecule has 24 nitrogen and oxygen atoms in total. The van der Waals surface area contributed by atoms with Crippen molar-refractivity contribution in [1.82, 2.24) is 60.5 Å². The quantitative estimate of drug-likeness (QED) is 0.177. The zero-order chi connectivity index (χ0) is 73.1. The summed E-state index contributed by atoms with van der Waals surface area (Å²) in [6.07, 6.45) is 1.61. The summed E-state index contributed by atoms with van der Waals surface area (Å²) < 4.78 is 56.9. The van der Waals surface area contributed by atoms with Crippen molar-refractivity contribution in [3.63, 3.8) is 0 Å². The first-order chi connectivity index (χ1) is 46.6. The van der Waals surface area contributed by atoms with Crippen molar-refractivity contribution >= 4 is 70.9 Å². The minimum atomic E-state index is -4.75. The van der Waals surface area contributed by atoms with Gasteiger partial charge in [-0.1, -0.05) is 91.9 Å². The van der Waals surface area contributed by atoms with Crippen LogP contribution in [0.2, 0.25) is 0 Å². The van der Waals surface area contributed by atoms with Crippen LogP contribution in [-0.4, -0.2) is 251 Å². The molecule has 3 unspecified atom stereocenters. The van der Waals surface area contributed by atoms with E-state index >= 15 is 23.6 Å². The van der Waals surface area contributed by atoms with E-state index < -0.39 is 193 Å². The summed E-state index contributed by atoms with van der Waals surface area (Å²) in [7, 11) is 10.1. The lowest BCUT2D eigenvalue weighted by Crippen LogP contribution is -2.65. The van der Waals surface area contributed by atoms with Crippen molar-refractivity contribution in [3.8, 4) is 0 Å². The van der Waals surface area contributed by atoms with Gasteiger partial charge < -0.3 is 60.5 Å². The Morgan fingerprint density at radius 1 is 0.616 bits per heavy atom. The fourth-order valence-electron chi connectivity index (χ4n) is 16.4. The van der Waals surface area contributed by atoms with Gasteiger partial charge in [0.05, 0.1) is 18.9 Å². The van der Waals surface area contributed by atoms with Gasteiger partial charge in [0.25, 0.3) is 0 Å². The van der Waals surface area contributed by atoms with Crippen LogP contribution in [0.5, 0.6) is 0 Å². The van der Waals surface area contributed by atoms with Crippen LogP contribution >= 0.6 is 0 Å². The average molecular weight is 1400 g/mol. The highest BCUT2D eigenvalue weighted by Crippen LogP contribution is 2.43. The van der Waals surface area contributed by atoms with Crippen molar-refractivity contribution in [3.05, 3.63) is 0 Å². The molecule has 0 aromatic rings. The highest BCUT2D eigenvalue weighted by Gasteiger charge is 2.53. The molecule has 0 aromatic heterocycles. The van der Waals surface area contributed by atoms with E-state index in [1.165, 1.54) is 90.6 Å². The third-order valence-corrected chi connectivity index (χ3v) is 23.0. The molecule has 1 spiro atoms. The number of alkyl halides is 4. The average Bonchev–Trinajstić information content (AvgIpc) is 1.01. The number of amides is 12. The van der Waals surface area contributed by atoms with Crippen molar-refractivity contribution < 1.29 is 75.1 Å². The zero-order valence-corrected chi connectivity index (χ0v) is 60.7. The Bertz CT molecular complexity index is 2900. The van der Waals surface area contributed by atoms with Crippen LogP contribution in [0, 0.1) is 35.5 Å². The second-order valence-corrected chi connectivity index (χ2v) is 30.6. The largest absolute Gasteiger partial charge is 0.394 e. The molecule has 0 bridgehead atoms. The molecule has 3 heterocycles. The van der Waals surface area contributed by atoms with Crippen LogP contribution in [0.1, 0.15) is 202 Å².